The molecule has 1 aromatic carbocycles. The molecule has 0 amide bonds. The van der Waals surface area contributed by atoms with Crippen LogP contribution in [-0.2, 0) is 12.0 Å². The summed E-state index contributed by atoms with van der Waals surface area (Å²) in [6.45, 7) is 16.0. The molecule has 0 radical (unpaired) electrons. The highest BCUT2D eigenvalue weighted by atomic mass is 16.5. The van der Waals surface area contributed by atoms with Crippen LogP contribution in [0.25, 0.3) is 0 Å². The van der Waals surface area contributed by atoms with Crippen molar-refractivity contribution in [2.45, 2.75) is 72.4 Å². The number of hydrogen-bond acceptors (Lipinski definition) is 4. The van der Waals surface area contributed by atoms with E-state index in [1.165, 1.54) is 5.56 Å². The maximum Gasteiger partial charge on any atom is 0.191 e. The molecule has 1 aliphatic rings. The fraction of sp³-hybridized carbons (Fsp3) is 0.625. The minimum Gasteiger partial charge on any atom is -0.493 e. The van der Waals surface area contributed by atoms with Gasteiger partial charge in [0, 0.05) is 18.5 Å². The molecule has 1 aliphatic heterocycles. The normalized spacial score (nSPS) is 16.9. The molecule has 2 aromatic rings. The second kappa shape index (κ2) is 10.2. The quantitative estimate of drug-likeness (QED) is 0.493. The van der Waals surface area contributed by atoms with Crippen molar-refractivity contribution in [3.63, 3.8) is 0 Å². The van der Waals surface area contributed by atoms with Crippen LogP contribution in [0.2, 0.25) is 0 Å². The molecule has 1 unspecified atom stereocenters. The Kier molecular flexibility index (Phi) is 7.57. The van der Waals surface area contributed by atoms with Gasteiger partial charge in [-0.15, -0.1) is 0 Å². The summed E-state index contributed by atoms with van der Waals surface area (Å²) >= 11 is 0. The van der Waals surface area contributed by atoms with Crippen LogP contribution in [0, 0.1) is 12.8 Å². The van der Waals surface area contributed by atoms with Crippen molar-refractivity contribution in [2.75, 3.05) is 19.7 Å². The van der Waals surface area contributed by atoms with Crippen molar-refractivity contribution in [1.29, 1.82) is 0 Å². The zero-order chi connectivity index (χ0) is 22.4. The fourth-order valence-electron chi connectivity index (χ4n) is 3.72. The number of aliphatic imine (C=N–C) groups is 1. The average Bonchev–Trinajstić information content (AvgIpc) is 3.12. The molecule has 170 valence electrons. The summed E-state index contributed by atoms with van der Waals surface area (Å²) in [6.07, 6.45) is 2.12. The van der Waals surface area contributed by atoms with Gasteiger partial charge in [-0.05, 0) is 50.3 Å². The van der Waals surface area contributed by atoms with Gasteiger partial charge >= 0.3 is 0 Å². The third-order valence-corrected chi connectivity index (χ3v) is 5.49. The van der Waals surface area contributed by atoms with Gasteiger partial charge in [0.2, 0.25) is 0 Å². The highest BCUT2D eigenvalue weighted by Gasteiger charge is 2.25. The van der Waals surface area contributed by atoms with Gasteiger partial charge in [-0.25, -0.2) is 9.67 Å². The smallest absolute Gasteiger partial charge is 0.191 e. The molecule has 2 heterocycles. The monoisotopic (exact) mass is 426 g/mol. The van der Waals surface area contributed by atoms with Crippen LogP contribution in [0.5, 0.6) is 5.75 Å². The first kappa shape index (κ1) is 23.1. The number of benzene rings is 1. The molecule has 7 heteroatoms. The molecule has 2 N–H and O–H groups in total. The Morgan fingerprint density at radius 1 is 1.29 bits per heavy atom. The lowest BCUT2D eigenvalue weighted by molar-refractivity contribution is 0.271. The number of hydrogen-bond donors (Lipinski definition) is 2. The van der Waals surface area contributed by atoms with Crippen molar-refractivity contribution < 1.29 is 4.74 Å². The Bertz CT molecular complexity index is 869. The number of nitrogens with zero attached hydrogens (tertiary/aromatic N) is 4. The molecule has 0 fully saturated rings. The highest BCUT2D eigenvalue weighted by Crippen LogP contribution is 2.26. The second-order valence-electron chi connectivity index (χ2n) is 9.39. The van der Waals surface area contributed by atoms with Gasteiger partial charge in [-0.3, -0.25) is 4.99 Å². The van der Waals surface area contributed by atoms with E-state index < -0.39 is 0 Å². The summed E-state index contributed by atoms with van der Waals surface area (Å²) in [7, 11) is 0. The highest BCUT2D eigenvalue weighted by molar-refractivity contribution is 5.80. The van der Waals surface area contributed by atoms with Crippen molar-refractivity contribution in [3.8, 4) is 5.75 Å². The Hall–Kier alpha value is -2.57. The minimum atomic E-state index is -0.0951. The summed E-state index contributed by atoms with van der Waals surface area (Å²) in [5.41, 5.74) is 1.15. The first-order valence-corrected chi connectivity index (χ1v) is 11.5. The molecule has 7 nitrogen and oxygen atoms in total. The van der Waals surface area contributed by atoms with Gasteiger partial charge in [0.25, 0.3) is 0 Å². The van der Waals surface area contributed by atoms with Crippen LogP contribution in [0.4, 0.5) is 0 Å². The fourth-order valence-corrected chi connectivity index (χ4v) is 3.72. The lowest BCUT2D eigenvalue weighted by Crippen LogP contribution is -2.42. The zero-order valence-corrected chi connectivity index (χ0v) is 19.9. The van der Waals surface area contributed by atoms with Crippen LogP contribution in [0.15, 0.2) is 29.3 Å². The van der Waals surface area contributed by atoms with E-state index in [0.29, 0.717) is 12.5 Å². The molecule has 1 atom stereocenters. The molecule has 0 spiro atoms. The number of aromatic nitrogens is 3. The van der Waals surface area contributed by atoms with Crippen LogP contribution >= 0.6 is 0 Å². The molecular formula is C24H38N6O. The van der Waals surface area contributed by atoms with Gasteiger partial charge in [0.05, 0.1) is 19.2 Å². The predicted molar refractivity (Wildman–Crippen MR) is 126 cm³/mol. The molecule has 0 saturated heterocycles. The summed E-state index contributed by atoms with van der Waals surface area (Å²) in [6, 6.07) is 8.55. The molecule has 0 bridgehead atoms. The first-order valence-electron chi connectivity index (χ1n) is 11.5. The second-order valence-corrected chi connectivity index (χ2v) is 9.39. The van der Waals surface area contributed by atoms with Gasteiger partial charge in [0.15, 0.2) is 5.96 Å². The summed E-state index contributed by atoms with van der Waals surface area (Å²) in [5, 5.41) is 11.5. The molecule has 3 rings (SSSR count). The number of guanidine groups is 1. The zero-order valence-electron chi connectivity index (χ0n) is 19.9. The van der Waals surface area contributed by atoms with Gasteiger partial charge in [-0.1, -0.05) is 39.8 Å². The molecular weight excluding hydrogens is 388 g/mol. The summed E-state index contributed by atoms with van der Waals surface area (Å²) < 4.78 is 7.84. The van der Waals surface area contributed by atoms with Crippen molar-refractivity contribution in [3.05, 3.63) is 41.5 Å². The summed E-state index contributed by atoms with van der Waals surface area (Å²) in [4.78, 5) is 9.55. The third-order valence-electron chi connectivity index (χ3n) is 5.49. The number of ether oxygens (including phenoxy) is 1. The SMILES string of the molecule is CCNC(=NCC(C)(C)c1ccc(OCC(C)C)cc1)NC1CCCn2nc(C)nc21. The molecule has 31 heavy (non-hydrogen) atoms. The van der Waals surface area contributed by atoms with E-state index in [-0.39, 0.29) is 11.5 Å². The van der Waals surface area contributed by atoms with Crippen molar-refractivity contribution in [1.82, 2.24) is 25.4 Å². The Morgan fingerprint density at radius 2 is 2.03 bits per heavy atom. The van der Waals surface area contributed by atoms with E-state index in [2.05, 4.69) is 79.6 Å². The predicted octanol–water partition coefficient (Wildman–Crippen LogP) is 3.99. The molecule has 1 aromatic heterocycles. The van der Waals surface area contributed by atoms with E-state index in [4.69, 9.17) is 9.73 Å². The lowest BCUT2D eigenvalue weighted by atomic mass is 9.85. The molecule has 0 aliphatic carbocycles. The van der Waals surface area contributed by atoms with Gasteiger partial charge in [0.1, 0.15) is 17.4 Å². The third kappa shape index (κ3) is 6.21. The van der Waals surface area contributed by atoms with Crippen LogP contribution < -0.4 is 15.4 Å². The Labute approximate surface area is 186 Å². The van der Waals surface area contributed by atoms with Gasteiger partial charge < -0.3 is 15.4 Å². The number of aryl methyl sites for hydroxylation is 2. The van der Waals surface area contributed by atoms with Crippen molar-refractivity contribution >= 4 is 5.96 Å². The minimum absolute atomic E-state index is 0.0951. The van der Waals surface area contributed by atoms with Crippen LogP contribution in [-0.4, -0.2) is 40.4 Å². The van der Waals surface area contributed by atoms with E-state index in [1.54, 1.807) is 0 Å². The van der Waals surface area contributed by atoms with E-state index in [9.17, 15) is 0 Å². The molecule has 0 saturated carbocycles. The van der Waals surface area contributed by atoms with Crippen molar-refractivity contribution in [2.24, 2.45) is 10.9 Å². The Morgan fingerprint density at radius 3 is 2.71 bits per heavy atom. The van der Waals surface area contributed by atoms with Crippen LogP contribution in [0.3, 0.4) is 0 Å². The maximum absolute atomic E-state index is 5.82. The number of fused-ring (bicyclic) bond motifs is 1. The average molecular weight is 427 g/mol. The topological polar surface area (TPSA) is 76.4 Å². The maximum atomic E-state index is 5.82. The van der Waals surface area contributed by atoms with E-state index >= 15 is 0 Å². The largest absolute Gasteiger partial charge is 0.493 e. The first-order chi connectivity index (χ1) is 14.8. The Balaban J connectivity index is 1.68. The van der Waals surface area contributed by atoms with E-state index in [0.717, 1.165) is 55.9 Å². The van der Waals surface area contributed by atoms with Gasteiger partial charge in [-0.2, -0.15) is 5.10 Å². The standard InChI is InChI=1S/C24H38N6O/c1-7-25-23(28-21-9-8-14-30-22(21)27-18(4)29-30)26-16-24(5,6)19-10-12-20(13-11-19)31-15-17(2)3/h10-13,17,21H,7-9,14-16H2,1-6H3,(H2,25,26,28). The number of nitrogens with one attached hydrogen (secondary N) is 2. The number of rotatable bonds is 8. The van der Waals surface area contributed by atoms with Crippen LogP contribution in [0.1, 0.15) is 70.7 Å². The van der Waals surface area contributed by atoms with E-state index in [1.807, 2.05) is 11.6 Å². The summed E-state index contributed by atoms with van der Waals surface area (Å²) in [5.74, 6) is 4.09. The lowest BCUT2D eigenvalue weighted by Gasteiger charge is -2.27.